The summed E-state index contributed by atoms with van der Waals surface area (Å²) >= 11 is 0. The molecule has 6 nitrogen and oxygen atoms in total. The van der Waals surface area contributed by atoms with Crippen LogP contribution in [0, 0.1) is 0 Å². The van der Waals surface area contributed by atoms with Crippen LogP contribution in [0.5, 0.6) is 11.5 Å². The maximum atomic E-state index is 11.8. The van der Waals surface area contributed by atoms with Crippen LogP contribution in [0.2, 0.25) is 0 Å². The molecule has 7 heteroatoms. The van der Waals surface area contributed by atoms with Gasteiger partial charge in [0.1, 0.15) is 11.9 Å². The molecule has 118 valence electrons. The number of hydrogen-bond donors (Lipinski definition) is 2. The fourth-order valence-corrected chi connectivity index (χ4v) is 2.71. The molecule has 1 rings (SSSR count). The monoisotopic (exact) mass is 316 g/mol. The summed E-state index contributed by atoms with van der Waals surface area (Å²) in [5.41, 5.74) is 0.269. The van der Waals surface area contributed by atoms with Crippen molar-refractivity contribution in [3.05, 3.63) is 23.8 Å². The highest BCUT2D eigenvalue weighted by Gasteiger charge is 2.28. The van der Waals surface area contributed by atoms with Crippen molar-refractivity contribution in [3.8, 4) is 11.5 Å². The standard InChI is InChI=1S/C14H21O6P/c1-14(2,8-11(15)9-21(16,17)18)10-5-6-12(19-3)13(7-10)20-4/h5-7H,8-9H2,1-4H3,(H2,16,17,18). The molecule has 0 bridgehead atoms. The predicted molar refractivity (Wildman–Crippen MR) is 79.1 cm³/mol. The van der Waals surface area contributed by atoms with Crippen LogP contribution in [0.1, 0.15) is 25.8 Å². The topological polar surface area (TPSA) is 93.1 Å². The molecule has 1 aromatic rings. The van der Waals surface area contributed by atoms with E-state index >= 15 is 0 Å². The molecule has 0 fully saturated rings. The van der Waals surface area contributed by atoms with E-state index < -0.39 is 25.0 Å². The van der Waals surface area contributed by atoms with E-state index in [1.165, 1.54) is 14.2 Å². The van der Waals surface area contributed by atoms with E-state index in [2.05, 4.69) is 0 Å². The Morgan fingerprint density at radius 2 is 1.76 bits per heavy atom. The third-order valence-electron chi connectivity index (χ3n) is 3.19. The lowest BCUT2D eigenvalue weighted by atomic mass is 9.80. The van der Waals surface area contributed by atoms with Gasteiger partial charge < -0.3 is 19.3 Å². The molecule has 0 aromatic heterocycles. The molecule has 0 amide bonds. The van der Waals surface area contributed by atoms with Crippen molar-refractivity contribution in [3.63, 3.8) is 0 Å². The van der Waals surface area contributed by atoms with Crippen molar-refractivity contribution in [2.75, 3.05) is 20.4 Å². The average Bonchev–Trinajstić information content (AvgIpc) is 2.34. The van der Waals surface area contributed by atoms with Crippen molar-refractivity contribution >= 4 is 13.4 Å². The van der Waals surface area contributed by atoms with E-state index in [4.69, 9.17) is 19.3 Å². The minimum atomic E-state index is -4.32. The van der Waals surface area contributed by atoms with E-state index in [0.29, 0.717) is 11.5 Å². The molecule has 0 unspecified atom stereocenters. The Hall–Kier alpha value is -1.36. The maximum absolute atomic E-state index is 11.8. The second-order valence-corrected chi connectivity index (χ2v) is 7.14. The molecule has 0 aliphatic carbocycles. The Morgan fingerprint density at radius 3 is 2.24 bits per heavy atom. The van der Waals surface area contributed by atoms with Gasteiger partial charge >= 0.3 is 7.60 Å². The first kappa shape index (κ1) is 17.7. The van der Waals surface area contributed by atoms with Crippen molar-refractivity contribution < 1.29 is 28.6 Å². The molecule has 0 aliphatic rings. The van der Waals surface area contributed by atoms with Gasteiger partial charge in [0.15, 0.2) is 11.5 Å². The number of carbonyl (C=O) groups is 1. The summed E-state index contributed by atoms with van der Waals surface area (Å²) in [7, 11) is -1.27. The molecule has 0 radical (unpaired) electrons. The number of ketones is 1. The van der Waals surface area contributed by atoms with Crippen LogP contribution in [0.15, 0.2) is 18.2 Å². The van der Waals surface area contributed by atoms with Gasteiger partial charge in [-0.25, -0.2) is 0 Å². The number of benzene rings is 1. The first-order chi connectivity index (χ1) is 9.59. The van der Waals surface area contributed by atoms with Gasteiger partial charge in [0.25, 0.3) is 0 Å². The minimum absolute atomic E-state index is 0.0353. The van der Waals surface area contributed by atoms with Gasteiger partial charge in [-0.2, -0.15) is 0 Å². The van der Waals surface area contributed by atoms with Gasteiger partial charge in [-0.15, -0.1) is 0 Å². The third-order valence-corrected chi connectivity index (χ3v) is 3.95. The smallest absolute Gasteiger partial charge is 0.332 e. The van der Waals surface area contributed by atoms with Crippen LogP contribution in [-0.4, -0.2) is 36.0 Å². The highest BCUT2D eigenvalue weighted by molar-refractivity contribution is 7.52. The summed E-state index contributed by atoms with van der Waals surface area (Å²) in [5, 5.41) is 0. The fraction of sp³-hybridized carbons (Fsp3) is 0.500. The number of hydrogen-bond acceptors (Lipinski definition) is 4. The van der Waals surface area contributed by atoms with E-state index in [-0.39, 0.29) is 6.42 Å². The van der Waals surface area contributed by atoms with Gasteiger partial charge in [-0.3, -0.25) is 9.36 Å². The largest absolute Gasteiger partial charge is 0.493 e. The lowest BCUT2D eigenvalue weighted by Crippen LogP contribution is -2.23. The minimum Gasteiger partial charge on any atom is -0.493 e. The summed E-state index contributed by atoms with van der Waals surface area (Å²) in [5.74, 6) is 0.659. The number of Topliss-reactive ketones (excluding diaryl/α,β-unsaturated/α-hetero) is 1. The number of carbonyl (C=O) groups excluding carboxylic acids is 1. The Labute approximate surface area is 124 Å². The second-order valence-electron chi connectivity index (χ2n) is 5.49. The second kappa shape index (κ2) is 6.60. The summed E-state index contributed by atoms with van der Waals surface area (Å²) in [6.07, 6.45) is -0.697. The number of ether oxygens (including phenoxy) is 2. The van der Waals surface area contributed by atoms with Crippen LogP contribution in [0.3, 0.4) is 0 Å². The van der Waals surface area contributed by atoms with Gasteiger partial charge in [-0.05, 0) is 23.1 Å². The highest BCUT2D eigenvalue weighted by Crippen LogP contribution is 2.38. The van der Waals surface area contributed by atoms with Gasteiger partial charge in [0.05, 0.1) is 14.2 Å². The number of rotatable bonds is 7. The van der Waals surface area contributed by atoms with Gasteiger partial charge in [0, 0.05) is 6.42 Å². The predicted octanol–water partition coefficient (Wildman–Crippen LogP) is 2.12. The lowest BCUT2D eigenvalue weighted by Gasteiger charge is -2.25. The molecule has 0 spiro atoms. The van der Waals surface area contributed by atoms with Crippen molar-refractivity contribution in [2.24, 2.45) is 0 Å². The quantitative estimate of drug-likeness (QED) is 0.749. The summed E-state index contributed by atoms with van der Waals surface area (Å²) in [4.78, 5) is 29.5. The van der Waals surface area contributed by atoms with Gasteiger partial charge in [0.2, 0.25) is 0 Å². The van der Waals surface area contributed by atoms with E-state index in [1.54, 1.807) is 12.1 Å². The Morgan fingerprint density at radius 1 is 1.19 bits per heavy atom. The lowest BCUT2D eigenvalue weighted by molar-refractivity contribution is -0.117. The summed E-state index contributed by atoms with van der Waals surface area (Å²) in [6, 6.07) is 5.32. The normalized spacial score (nSPS) is 12.1. The SMILES string of the molecule is COc1ccc(C(C)(C)CC(=O)CP(=O)(O)O)cc1OC. The molecule has 0 heterocycles. The molecule has 0 atom stereocenters. The van der Waals surface area contributed by atoms with E-state index in [1.807, 2.05) is 19.9 Å². The van der Waals surface area contributed by atoms with Crippen molar-refractivity contribution in [2.45, 2.75) is 25.7 Å². The molecule has 0 saturated heterocycles. The molecule has 0 aliphatic heterocycles. The van der Waals surface area contributed by atoms with Gasteiger partial charge in [-0.1, -0.05) is 19.9 Å². The van der Waals surface area contributed by atoms with Crippen LogP contribution in [0.4, 0.5) is 0 Å². The first-order valence-electron chi connectivity index (χ1n) is 6.38. The van der Waals surface area contributed by atoms with Crippen LogP contribution < -0.4 is 9.47 Å². The Bertz CT molecular complexity index is 561. The fourth-order valence-electron chi connectivity index (χ4n) is 2.14. The molecule has 2 N–H and O–H groups in total. The molecule has 0 saturated carbocycles. The van der Waals surface area contributed by atoms with E-state index in [0.717, 1.165) is 5.56 Å². The van der Waals surface area contributed by atoms with Crippen LogP contribution in [0.25, 0.3) is 0 Å². The summed E-state index contributed by atoms with van der Waals surface area (Å²) < 4.78 is 21.3. The molecular weight excluding hydrogens is 295 g/mol. The molecule has 1 aromatic carbocycles. The van der Waals surface area contributed by atoms with Crippen LogP contribution in [-0.2, 0) is 14.8 Å². The third kappa shape index (κ3) is 5.16. The first-order valence-corrected chi connectivity index (χ1v) is 8.17. The molecule has 21 heavy (non-hydrogen) atoms. The zero-order chi connectivity index (χ0) is 16.3. The van der Waals surface area contributed by atoms with Crippen molar-refractivity contribution in [1.29, 1.82) is 0 Å². The molecular formula is C14H21O6P. The Kier molecular flexibility index (Phi) is 5.56. The summed E-state index contributed by atoms with van der Waals surface area (Å²) in [6.45, 7) is 3.68. The highest BCUT2D eigenvalue weighted by atomic mass is 31.2. The van der Waals surface area contributed by atoms with Crippen molar-refractivity contribution in [1.82, 2.24) is 0 Å². The number of methoxy groups -OCH3 is 2. The van der Waals surface area contributed by atoms with Crippen LogP contribution >= 0.6 is 7.60 Å². The van der Waals surface area contributed by atoms with E-state index in [9.17, 15) is 9.36 Å². The maximum Gasteiger partial charge on any atom is 0.332 e. The average molecular weight is 316 g/mol. The zero-order valence-electron chi connectivity index (χ0n) is 12.6. The zero-order valence-corrected chi connectivity index (χ0v) is 13.5. The Balaban J connectivity index is 2.97.